The molecule has 6 nitrogen and oxygen atoms in total. The van der Waals surface area contributed by atoms with E-state index in [1.807, 2.05) is 25.1 Å². The molecule has 7 heteroatoms. The summed E-state index contributed by atoms with van der Waals surface area (Å²) in [7, 11) is 3.26. The SMILES string of the molecule is CCCOc1c(Cl)cc(/C=C/C(=O)Nc2ccccc2CN(C)C(C)=O)cc1OC. The fourth-order valence-corrected chi connectivity index (χ4v) is 2.95. The van der Waals surface area contributed by atoms with Crippen LogP contribution >= 0.6 is 11.6 Å². The number of hydrogen-bond donors (Lipinski definition) is 1. The molecular formula is C23H27ClN2O4. The molecule has 0 aliphatic rings. The van der Waals surface area contributed by atoms with Crippen LogP contribution in [-0.4, -0.2) is 37.5 Å². The first kappa shape index (κ1) is 23.3. The van der Waals surface area contributed by atoms with Crippen LogP contribution in [0.3, 0.4) is 0 Å². The van der Waals surface area contributed by atoms with Gasteiger partial charge in [0.2, 0.25) is 11.8 Å². The number of methoxy groups -OCH3 is 1. The standard InChI is InChI=1S/C23H27ClN2O4/c1-5-12-30-23-19(24)13-17(14-21(23)29-4)10-11-22(28)25-20-9-7-6-8-18(20)15-26(3)16(2)27/h6-11,13-14H,5,12,15H2,1-4H3,(H,25,28)/b11-10+. The number of nitrogens with zero attached hydrogens (tertiary/aromatic N) is 1. The van der Waals surface area contributed by atoms with Gasteiger partial charge in [0.25, 0.3) is 0 Å². The number of hydrogen-bond acceptors (Lipinski definition) is 4. The van der Waals surface area contributed by atoms with E-state index < -0.39 is 0 Å². The lowest BCUT2D eigenvalue weighted by atomic mass is 10.1. The van der Waals surface area contributed by atoms with E-state index in [4.69, 9.17) is 21.1 Å². The minimum absolute atomic E-state index is 0.0479. The summed E-state index contributed by atoms with van der Waals surface area (Å²) in [5.74, 6) is 0.655. The molecule has 30 heavy (non-hydrogen) atoms. The molecule has 160 valence electrons. The zero-order valence-electron chi connectivity index (χ0n) is 17.7. The molecule has 2 aromatic carbocycles. The Bertz CT molecular complexity index is 927. The Balaban J connectivity index is 2.14. The molecule has 0 saturated carbocycles. The second kappa shape index (κ2) is 11.3. The molecule has 0 radical (unpaired) electrons. The van der Waals surface area contributed by atoms with Crippen LogP contribution in [0.2, 0.25) is 5.02 Å². The highest BCUT2D eigenvalue weighted by molar-refractivity contribution is 6.32. The van der Waals surface area contributed by atoms with Crippen molar-refractivity contribution >= 4 is 35.2 Å². The van der Waals surface area contributed by atoms with Crippen molar-refractivity contribution in [2.24, 2.45) is 0 Å². The molecule has 0 unspecified atom stereocenters. The van der Waals surface area contributed by atoms with Crippen LogP contribution < -0.4 is 14.8 Å². The summed E-state index contributed by atoms with van der Waals surface area (Å²) in [5, 5.41) is 3.27. The monoisotopic (exact) mass is 430 g/mol. The maximum atomic E-state index is 12.4. The molecule has 2 rings (SSSR count). The lowest BCUT2D eigenvalue weighted by molar-refractivity contribution is -0.128. The summed E-state index contributed by atoms with van der Waals surface area (Å²) in [6.45, 7) is 4.45. The Kier molecular flexibility index (Phi) is 8.74. The highest BCUT2D eigenvalue weighted by Gasteiger charge is 2.12. The minimum atomic E-state index is -0.297. The first-order valence-corrected chi connectivity index (χ1v) is 10.0. The summed E-state index contributed by atoms with van der Waals surface area (Å²) < 4.78 is 11.0. The normalized spacial score (nSPS) is 10.7. The van der Waals surface area contributed by atoms with Gasteiger partial charge in [0.15, 0.2) is 11.5 Å². The lowest BCUT2D eigenvalue weighted by Gasteiger charge is -2.17. The van der Waals surface area contributed by atoms with Gasteiger partial charge in [0.05, 0.1) is 18.7 Å². The third-order valence-corrected chi connectivity index (χ3v) is 4.63. The van der Waals surface area contributed by atoms with Crippen molar-refractivity contribution in [1.29, 1.82) is 0 Å². The minimum Gasteiger partial charge on any atom is -0.493 e. The Morgan fingerprint density at radius 1 is 1.23 bits per heavy atom. The van der Waals surface area contributed by atoms with E-state index in [1.165, 1.54) is 13.0 Å². The molecule has 1 N–H and O–H groups in total. The predicted octanol–water partition coefficient (Wildman–Crippen LogP) is 4.77. The van der Waals surface area contributed by atoms with E-state index in [0.29, 0.717) is 40.9 Å². The van der Waals surface area contributed by atoms with E-state index in [0.717, 1.165) is 12.0 Å². The van der Waals surface area contributed by atoms with E-state index in [9.17, 15) is 9.59 Å². The van der Waals surface area contributed by atoms with Crippen LogP contribution in [0.25, 0.3) is 6.08 Å². The van der Waals surface area contributed by atoms with Crippen LogP contribution in [-0.2, 0) is 16.1 Å². The fourth-order valence-electron chi connectivity index (χ4n) is 2.67. The van der Waals surface area contributed by atoms with Crippen LogP contribution in [0, 0.1) is 0 Å². The lowest BCUT2D eigenvalue weighted by Crippen LogP contribution is -2.24. The average Bonchev–Trinajstić information content (AvgIpc) is 2.72. The zero-order chi connectivity index (χ0) is 22.1. The van der Waals surface area contributed by atoms with Crippen LogP contribution in [0.4, 0.5) is 5.69 Å². The molecular weight excluding hydrogens is 404 g/mol. The van der Waals surface area contributed by atoms with E-state index in [-0.39, 0.29) is 11.8 Å². The van der Waals surface area contributed by atoms with Gasteiger partial charge in [-0.2, -0.15) is 0 Å². The number of halogens is 1. The third kappa shape index (κ3) is 6.52. The number of ether oxygens (including phenoxy) is 2. The number of para-hydroxylation sites is 1. The van der Waals surface area contributed by atoms with Crippen molar-refractivity contribution in [3.05, 3.63) is 58.6 Å². The molecule has 0 aromatic heterocycles. The molecule has 0 fully saturated rings. The van der Waals surface area contributed by atoms with Crippen molar-refractivity contribution < 1.29 is 19.1 Å². The van der Waals surface area contributed by atoms with Crippen molar-refractivity contribution in [2.75, 3.05) is 26.1 Å². The highest BCUT2D eigenvalue weighted by Crippen LogP contribution is 2.36. The van der Waals surface area contributed by atoms with Gasteiger partial charge >= 0.3 is 0 Å². The van der Waals surface area contributed by atoms with Gasteiger partial charge in [-0.05, 0) is 41.8 Å². The van der Waals surface area contributed by atoms with Crippen molar-refractivity contribution in [2.45, 2.75) is 26.8 Å². The second-order valence-electron chi connectivity index (χ2n) is 6.74. The quantitative estimate of drug-likeness (QED) is 0.582. The molecule has 2 aromatic rings. The van der Waals surface area contributed by atoms with Crippen LogP contribution in [0.1, 0.15) is 31.4 Å². The third-order valence-electron chi connectivity index (χ3n) is 4.35. The second-order valence-corrected chi connectivity index (χ2v) is 7.14. The smallest absolute Gasteiger partial charge is 0.248 e. The summed E-state index contributed by atoms with van der Waals surface area (Å²) in [6, 6.07) is 10.8. The average molecular weight is 431 g/mol. The van der Waals surface area contributed by atoms with E-state index in [1.54, 1.807) is 43.3 Å². The molecule has 0 spiro atoms. The number of anilines is 1. The Morgan fingerprint density at radius 2 is 1.97 bits per heavy atom. The molecule has 0 saturated heterocycles. The van der Waals surface area contributed by atoms with Gasteiger partial charge in [0.1, 0.15) is 0 Å². The van der Waals surface area contributed by atoms with Crippen molar-refractivity contribution in [3.8, 4) is 11.5 Å². The topological polar surface area (TPSA) is 67.9 Å². The molecule has 0 aliphatic heterocycles. The van der Waals surface area contributed by atoms with Gasteiger partial charge in [-0.15, -0.1) is 0 Å². The molecule has 2 amide bonds. The Hall–Kier alpha value is -2.99. The Labute approximate surface area is 182 Å². The molecule has 0 bridgehead atoms. The molecule has 0 aliphatic carbocycles. The van der Waals surface area contributed by atoms with Gasteiger partial charge in [-0.25, -0.2) is 0 Å². The summed E-state index contributed by atoms with van der Waals surface area (Å²) in [6.07, 6.45) is 3.92. The largest absolute Gasteiger partial charge is 0.493 e. The number of carbonyl (C=O) groups is 2. The predicted molar refractivity (Wildman–Crippen MR) is 120 cm³/mol. The van der Waals surface area contributed by atoms with Crippen molar-refractivity contribution in [3.63, 3.8) is 0 Å². The molecule has 0 atom stereocenters. The molecule has 0 heterocycles. The van der Waals surface area contributed by atoms with Gasteiger partial charge in [0, 0.05) is 32.3 Å². The van der Waals surface area contributed by atoms with Gasteiger partial charge in [-0.1, -0.05) is 36.7 Å². The van der Waals surface area contributed by atoms with Gasteiger partial charge in [-0.3, -0.25) is 9.59 Å². The summed E-state index contributed by atoms with van der Waals surface area (Å²) in [5.41, 5.74) is 2.21. The van der Waals surface area contributed by atoms with Gasteiger partial charge < -0.3 is 19.7 Å². The van der Waals surface area contributed by atoms with E-state index in [2.05, 4.69) is 5.32 Å². The number of rotatable bonds is 9. The fraction of sp³-hybridized carbons (Fsp3) is 0.304. The van der Waals surface area contributed by atoms with Crippen LogP contribution in [0.15, 0.2) is 42.5 Å². The van der Waals surface area contributed by atoms with E-state index >= 15 is 0 Å². The van der Waals surface area contributed by atoms with Crippen LogP contribution in [0.5, 0.6) is 11.5 Å². The number of carbonyl (C=O) groups excluding carboxylic acids is 2. The van der Waals surface area contributed by atoms with Crippen molar-refractivity contribution in [1.82, 2.24) is 4.90 Å². The maximum absolute atomic E-state index is 12.4. The Morgan fingerprint density at radius 3 is 2.63 bits per heavy atom. The summed E-state index contributed by atoms with van der Waals surface area (Å²) >= 11 is 6.32. The maximum Gasteiger partial charge on any atom is 0.248 e. The number of benzene rings is 2. The first-order chi connectivity index (χ1) is 14.3. The highest BCUT2D eigenvalue weighted by atomic mass is 35.5. The zero-order valence-corrected chi connectivity index (χ0v) is 18.5. The first-order valence-electron chi connectivity index (χ1n) is 9.64. The number of amides is 2. The number of nitrogens with one attached hydrogen (secondary N) is 1. The summed E-state index contributed by atoms with van der Waals surface area (Å²) in [4.78, 5) is 25.5.